The Morgan fingerprint density at radius 2 is 1.63 bits per heavy atom. The van der Waals surface area contributed by atoms with Gasteiger partial charge in [-0.25, -0.2) is 4.79 Å². The van der Waals surface area contributed by atoms with Crippen LogP contribution in [-0.2, 0) is 0 Å². The molecule has 5 aliphatic carbocycles. The molecule has 0 bridgehead atoms. The van der Waals surface area contributed by atoms with Crippen molar-refractivity contribution < 1.29 is 9.90 Å². The number of benzene rings is 1. The molecule has 7 rings (SSSR count). The summed E-state index contributed by atoms with van der Waals surface area (Å²) in [6, 6.07) is 7.68. The van der Waals surface area contributed by atoms with Crippen LogP contribution in [0, 0.1) is 56.7 Å². The monoisotopic (exact) mass is 669 g/mol. The van der Waals surface area contributed by atoms with Crippen molar-refractivity contribution in [3.8, 4) is 0 Å². The molecular weight excluding hydrogens is 601 g/mol. The van der Waals surface area contributed by atoms with Crippen LogP contribution in [0.5, 0.6) is 0 Å². The quantitative estimate of drug-likeness (QED) is 0.203. The first-order valence-electron chi connectivity index (χ1n) is 20.4. The van der Waals surface area contributed by atoms with Gasteiger partial charge in [0.15, 0.2) is 0 Å². The Labute approximate surface area is 299 Å². The molecule has 5 fully saturated rings. The van der Waals surface area contributed by atoms with E-state index in [1.807, 2.05) is 0 Å². The number of allylic oxidation sites excluding steroid dienone is 3. The summed E-state index contributed by atoms with van der Waals surface area (Å²) in [5, 5.41) is 13.6. The van der Waals surface area contributed by atoms with E-state index in [0.29, 0.717) is 33.6 Å². The first-order valence-corrected chi connectivity index (χ1v) is 20.4. The third-order valence-electron chi connectivity index (χ3n) is 17.0. The molecule has 1 aromatic carbocycles. The minimum absolute atomic E-state index is 0.0503. The summed E-state index contributed by atoms with van der Waals surface area (Å²) in [5.74, 6) is 2.75. The third kappa shape index (κ3) is 5.64. The number of nitrogens with one attached hydrogen (secondary N) is 1. The molecule has 4 saturated carbocycles. The number of carbonyl (C=O) groups is 1. The van der Waals surface area contributed by atoms with Crippen molar-refractivity contribution in [2.75, 3.05) is 32.7 Å². The maximum Gasteiger partial charge on any atom is 0.335 e. The van der Waals surface area contributed by atoms with Gasteiger partial charge >= 0.3 is 5.97 Å². The molecule has 270 valence electrons. The van der Waals surface area contributed by atoms with Crippen molar-refractivity contribution in [1.82, 2.24) is 10.2 Å². The van der Waals surface area contributed by atoms with Gasteiger partial charge in [0.05, 0.1) is 5.56 Å². The molecule has 0 amide bonds. The van der Waals surface area contributed by atoms with Crippen LogP contribution in [0.25, 0.3) is 5.57 Å². The molecule has 0 radical (unpaired) electrons. The van der Waals surface area contributed by atoms with Crippen LogP contribution in [0.4, 0.5) is 0 Å². The van der Waals surface area contributed by atoms with Crippen LogP contribution >= 0.6 is 0 Å². The minimum atomic E-state index is -0.849. The molecule has 1 heterocycles. The molecule has 4 nitrogen and oxygen atoms in total. The third-order valence-corrected chi connectivity index (χ3v) is 17.0. The predicted molar refractivity (Wildman–Crippen MR) is 204 cm³/mol. The van der Waals surface area contributed by atoms with Gasteiger partial charge in [0.2, 0.25) is 0 Å². The normalized spacial score (nSPS) is 41.5. The first kappa shape index (κ1) is 35.5. The van der Waals surface area contributed by atoms with Crippen molar-refractivity contribution in [1.29, 1.82) is 0 Å². The fraction of sp³-hybridized carbons (Fsp3) is 0.756. The van der Waals surface area contributed by atoms with Crippen LogP contribution < -0.4 is 5.32 Å². The highest BCUT2D eigenvalue weighted by Gasteiger charge is 2.70. The number of aromatic carboxylic acids is 1. The second-order valence-corrected chi connectivity index (χ2v) is 19.4. The van der Waals surface area contributed by atoms with Crippen LogP contribution in [0.15, 0.2) is 42.5 Å². The van der Waals surface area contributed by atoms with E-state index >= 15 is 0 Å². The second-order valence-electron chi connectivity index (χ2n) is 19.4. The number of nitrogens with zero attached hydrogens (tertiary/aromatic N) is 1. The Kier molecular flexibility index (Phi) is 9.37. The van der Waals surface area contributed by atoms with Crippen LogP contribution in [0.1, 0.15) is 141 Å². The Bertz CT molecular complexity index is 1440. The van der Waals surface area contributed by atoms with Gasteiger partial charge < -0.3 is 15.3 Å². The Morgan fingerprint density at radius 3 is 2.33 bits per heavy atom. The van der Waals surface area contributed by atoms with Gasteiger partial charge in [0, 0.05) is 6.54 Å². The molecule has 1 aliphatic heterocycles. The van der Waals surface area contributed by atoms with Crippen LogP contribution in [0.2, 0.25) is 0 Å². The molecular formula is C45H68N2O2. The van der Waals surface area contributed by atoms with E-state index in [9.17, 15) is 9.90 Å². The lowest BCUT2D eigenvalue weighted by molar-refractivity contribution is -0.225. The molecule has 1 aromatic rings. The molecule has 2 N–H and O–H groups in total. The Morgan fingerprint density at radius 1 is 0.898 bits per heavy atom. The van der Waals surface area contributed by atoms with Gasteiger partial charge in [-0.15, -0.1) is 0 Å². The van der Waals surface area contributed by atoms with Gasteiger partial charge in [-0.3, -0.25) is 0 Å². The fourth-order valence-electron chi connectivity index (χ4n) is 14.4. The zero-order valence-electron chi connectivity index (χ0n) is 32.0. The molecule has 4 heteroatoms. The largest absolute Gasteiger partial charge is 0.478 e. The SMILES string of the molecule is C=C(C)[C@@H]1CC[C@]2(CNCCCN3CCCCC3)CC[C@]3(C)[C@H](CCC4[C@@]5(C)CC=C(c6ccc(C(=O)O)cc6)C(C)(C)C5CC[C@]43C)C12. The number of carboxylic acids is 1. The molecule has 1 saturated heterocycles. The minimum Gasteiger partial charge on any atom is -0.478 e. The predicted octanol–water partition coefficient (Wildman–Crippen LogP) is 10.5. The zero-order valence-corrected chi connectivity index (χ0v) is 32.0. The highest BCUT2D eigenvalue weighted by molar-refractivity contribution is 5.88. The van der Waals surface area contributed by atoms with Gasteiger partial charge in [0.25, 0.3) is 0 Å². The number of carboxylic acid groups (broad SMARTS) is 1. The van der Waals surface area contributed by atoms with Crippen molar-refractivity contribution in [3.05, 3.63) is 53.6 Å². The lowest BCUT2D eigenvalue weighted by Gasteiger charge is -2.72. The average Bonchev–Trinajstić information content (AvgIpc) is 3.45. The topological polar surface area (TPSA) is 52.6 Å². The Balaban J connectivity index is 1.12. The lowest BCUT2D eigenvalue weighted by Crippen LogP contribution is -2.65. The maximum absolute atomic E-state index is 11.6. The van der Waals surface area contributed by atoms with E-state index in [4.69, 9.17) is 0 Å². The summed E-state index contributed by atoms with van der Waals surface area (Å²) < 4.78 is 0. The number of hydrogen-bond acceptors (Lipinski definition) is 3. The second kappa shape index (κ2) is 12.9. The highest BCUT2D eigenvalue weighted by Crippen LogP contribution is 2.77. The van der Waals surface area contributed by atoms with E-state index in [-0.39, 0.29) is 10.8 Å². The summed E-state index contributed by atoms with van der Waals surface area (Å²) in [4.78, 5) is 14.3. The molecule has 0 aromatic heterocycles. The molecule has 6 aliphatic rings. The van der Waals surface area contributed by atoms with E-state index in [0.717, 1.165) is 24.2 Å². The number of likely N-dealkylation sites (tertiary alicyclic amines) is 1. The van der Waals surface area contributed by atoms with E-state index in [1.165, 1.54) is 126 Å². The van der Waals surface area contributed by atoms with Crippen molar-refractivity contribution in [3.63, 3.8) is 0 Å². The van der Waals surface area contributed by atoms with Gasteiger partial charge in [-0.05, 0) is 190 Å². The summed E-state index contributed by atoms with van der Waals surface area (Å²) in [7, 11) is 0. The van der Waals surface area contributed by atoms with Crippen molar-refractivity contribution >= 4 is 11.5 Å². The zero-order chi connectivity index (χ0) is 34.8. The molecule has 49 heavy (non-hydrogen) atoms. The number of fused-ring (bicyclic) bond motifs is 7. The van der Waals surface area contributed by atoms with Crippen LogP contribution in [-0.4, -0.2) is 48.7 Å². The van der Waals surface area contributed by atoms with E-state index in [2.05, 4.69) is 76.5 Å². The summed E-state index contributed by atoms with van der Waals surface area (Å²) in [6.07, 6.45) is 20.1. The average molecular weight is 669 g/mol. The molecule has 0 spiro atoms. The summed E-state index contributed by atoms with van der Waals surface area (Å²) in [5.41, 5.74) is 5.94. The van der Waals surface area contributed by atoms with E-state index in [1.54, 1.807) is 12.1 Å². The lowest BCUT2D eigenvalue weighted by atomic mass is 9.32. The first-order chi connectivity index (χ1) is 23.3. The van der Waals surface area contributed by atoms with Gasteiger partial charge in [0.1, 0.15) is 0 Å². The summed E-state index contributed by atoms with van der Waals surface area (Å²) >= 11 is 0. The van der Waals surface area contributed by atoms with E-state index < -0.39 is 5.97 Å². The smallest absolute Gasteiger partial charge is 0.335 e. The number of hydrogen-bond donors (Lipinski definition) is 2. The van der Waals surface area contributed by atoms with Gasteiger partial charge in [-0.1, -0.05) is 71.4 Å². The molecule has 9 atom stereocenters. The highest BCUT2D eigenvalue weighted by atomic mass is 16.4. The Hall–Kier alpha value is -1.91. The van der Waals surface area contributed by atoms with Crippen molar-refractivity contribution in [2.45, 2.75) is 125 Å². The number of piperidine rings is 1. The fourth-order valence-corrected chi connectivity index (χ4v) is 14.4. The standard InChI is InChI=1S/C45H68N2O2/c1-31(2)34-18-23-45(30-46-26-11-29-47-27-9-8-10-28-47)25-24-43(6)36(39(34)45)16-17-38-42(5)21-19-35(32-12-14-33(15-13-32)40(48)49)41(3,4)37(42)20-22-44(38,43)7/h12-15,19,34,36-39,46H,1,8-11,16-18,20-30H2,2-7H3,(H,48,49)/t34-,36+,37?,38?,39?,42-,43+,44+,45+/m0/s1. The van der Waals surface area contributed by atoms with Crippen molar-refractivity contribution in [2.24, 2.45) is 56.7 Å². The number of rotatable bonds is 9. The summed E-state index contributed by atoms with van der Waals surface area (Å²) in [6.45, 7) is 26.5. The van der Waals surface area contributed by atoms with Gasteiger partial charge in [-0.2, -0.15) is 0 Å². The maximum atomic E-state index is 11.6. The molecule has 3 unspecified atom stereocenters. The van der Waals surface area contributed by atoms with Crippen LogP contribution in [0.3, 0.4) is 0 Å².